The summed E-state index contributed by atoms with van der Waals surface area (Å²) in [6.07, 6.45) is 3.58. The van der Waals surface area contributed by atoms with Crippen LogP contribution in [0, 0.1) is 0 Å². The lowest BCUT2D eigenvalue weighted by Gasteiger charge is -2.06. The van der Waals surface area contributed by atoms with E-state index in [0.29, 0.717) is 11.6 Å². The maximum Gasteiger partial charge on any atom is 0.119 e. The van der Waals surface area contributed by atoms with E-state index >= 15 is 0 Å². The molecule has 0 radical (unpaired) electrons. The molecule has 0 aliphatic rings. The van der Waals surface area contributed by atoms with Crippen molar-refractivity contribution in [3.05, 3.63) is 71.8 Å². The Bertz CT molecular complexity index is 561. The summed E-state index contributed by atoms with van der Waals surface area (Å²) in [5.41, 5.74) is 7.60. The predicted octanol–water partition coefficient (Wildman–Crippen LogP) is 3.56. The minimum absolute atomic E-state index is 0.379. The molecule has 0 fully saturated rings. The van der Waals surface area contributed by atoms with Gasteiger partial charge in [0, 0.05) is 0 Å². The smallest absolute Gasteiger partial charge is 0.119 e. The highest BCUT2D eigenvalue weighted by atomic mass is 32.1. The Labute approximate surface area is 118 Å². The second kappa shape index (κ2) is 6.71. The van der Waals surface area contributed by atoms with Crippen molar-refractivity contribution in [2.75, 3.05) is 0 Å². The molecule has 0 heterocycles. The summed E-state index contributed by atoms with van der Waals surface area (Å²) >= 11 is 4.78. The Morgan fingerprint density at radius 2 is 1.74 bits per heavy atom. The number of benzene rings is 2. The monoisotopic (exact) mass is 269 g/mol. The summed E-state index contributed by atoms with van der Waals surface area (Å²) in [4.78, 5) is 0.379. The summed E-state index contributed by atoms with van der Waals surface area (Å²) in [7, 11) is 0. The van der Waals surface area contributed by atoms with Crippen LogP contribution in [0.1, 0.15) is 11.1 Å². The molecule has 2 rings (SSSR count). The number of hydrogen-bond donors (Lipinski definition) is 1. The summed E-state index contributed by atoms with van der Waals surface area (Å²) < 4.78 is 5.70. The Morgan fingerprint density at radius 3 is 2.37 bits per heavy atom. The van der Waals surface area contributed by atoms with E-state index in [9.17, 15) is 0 Å². The quantitative estimate of drug-likeness (QED) is 0.666. The molecule has 3 heteroatoms. The maximum absolute atomic E-state index is 5.70. The van der Waals surface area contributed by atoms with E-state index in [0.717, 1.165) is 16.9 Å². The van der Waals surface area contributed by atoms with Crippen molar-refractivity contribution in [3.8, 4) is 5.75 Å². The van der Waals surface area contributed by atoms with E-state index in [1.54, 1.807) is 6.08 Å². The zero-order chi connectivity index (χ0) is 13.5. The van der Waals surface area contributed by atoms with Crippen molar-refractivity contribution in [2.45, 2.75) is 6.61 Å². The van der Waals surface area contributed by atoms with E-state index in [1.165, 1.54) is 0 Å². The molecule has 0 aromatic heterocycles. The fourth-order valence-corrected chi connectivity index (χ4v) is 1.66. The van der Waals surface area contributed by atoms with Crippen LogP contribution in [0.4, 0.5) is 0 Å². The van der Waals surface area contributed by atoms with Crippen LogP contribution < -0.4 is 10.5 Å². The second-order valence-electron chi connectivity index (χ2n) is 4.08. The number of thiocarbonyl (C=S) groups is 1. The van der Waals surface area contributed by atoms with E-state index in [2.05, 4.69) is 0 Å². The van der Waals surface area contributed by atoms with Crippen LogP contribution in [0.5, 0.6) is 5.75 Å². The van der Waals surface area contributed by atoms with E-state index < -0.39 is 0 Å². The third-order valence-corrected chi connectivity index (χ3v) is 2.70. The molecule has 0 aliphatic carbocycles. The minimum atomic E-state index is 0.379. The van der Waals surface area contributed by atoms with Gasteiger partial charge in [0.2, 0.25) is 0 Å². The van der Waals surface area contributed by atoms with Gasteiger partial charge in [-0.25, -0.2) is 0 Å². The molecule has 2 N–H and O–H groups in total. The molecule has 0 spiro atoms. The Morgan fingerprint density at radius 1 is 1.05 bits per heavy atom. The van der Waals surface area contributed by atoms with Gasteiger partial charge < -0.3 is 10.5 Å². The van der Waals surface area contributed by atoms with Crippen LogP contribution >= 0.6 is 12.2 Å². The third-order valence-electron chi connectivity index (χ3n) is 2.57. The van der Waals surface area contributed by atoms with Gasteiger partial charge in [-0.3, -0.25) is 0 Å². The van der Waals surface area contributed by atoms with Gasteiger partial charge in [0.25, 0.3) is 0 Å². The van der Waals surface area contributed by atoms with Crippen molar-refractivity contribution in [1.29, 1.82) is 0 Å². The first kappa shape index (κ1) is 13.3. The van der Waals surface area contributed by atoms with Crippen molar-refractivity contribution < 1.29 is 4.74 Å². The normalized spacial score (nSPS) is 10.5. The van der Waals surface area contributed by atoms with Crippen LogP contribution in [0.3, 0.4) is 0 Å². The first-order chi connectivity index (χ1) is 9.24. The van der Waals surface area contributed by atoms with E-state index in [4.69, 9.17) is 22.7 Å². The van der Waals surface area contributed by atoms with Crippen molar-refractivity contribution >= 4 is 23.3 Å². The van der Waals surface area contributed by atoms with E-state index in [-0.39, 0.29) is 0 Å². The highest BCUT2D eigenvalue weighted by Crippen LogP contribution is 2.15. The van der Waals surface area contributed by atoms with Crippen LogP contribution in [-0.4, -0.2) is 4.99 Å². The Balaban J connectivity index is 1.94. The summed E-state index contributed by atoms with van der Waals surface area (Å²) in [6.45, 7) is 0.572. The van der Waals surface area contributed by atoms with Gasteiger partial charge in [0.1, 0.15) is 12.4 Å². The average molecular weight is 269 g/mol. The molecule has 96 valence electrons. The molecule has 0 atom stereocenters. The van der Waals surface area contributed by atoms with Gasteiger partial charge in [-0.2, -0.15) is 0 Å². The summed E-state index contributed by atoms with van der Waals surface area (Å²) in [5, 5.41) is 0. The van der Waals surface area contributed by atoms with Crippen LogP contribution in [0.25, 0.3) is 6.08 Å². The SMILES string of the molecule is NC(=S)/C=C/c1ccc(OCc2ccccc2)cc1. The van der Waals surface area contributed by atoms with Gasteiger partial charge in [0.05, 0.1) is 4.99 Å². The molecule has 0 saturated carbocycles. The molecule has 0 bridgehead atoms. The Kier molecular flexibility index (Phi) is 4.70. The average Bonchev–Trinajstić information content (AvgIpc) is 2.45. The first-order valence-electron chi connectivity index (χ1n) is 5.98. The summed E-state index contributed by atoms with van der Waals surface area (Å²) in [5.74, 6) is 0.844. The number of hydrogen-bond acceptors (Lipinski definition) is 2. The number of ether oxygens (including phenoxy) is 1. The largest absolute Gasteiger partial charge is 0.489 e. The lowest BCUT2D eigenvalue weighted by Crippen LogP contribution is -2.01. The second-order valence-corrected chi connectivity index (χ2v) is 4.55. The molecule has 2 aromatic rings. The fraction of sp³-hybridized carbons (Fsp3) is 0.0625. The standard InChI is InChI=1S/C16H15NOS/c17-16(19)11-8-13-6-9-15(10-7-13)18-12-14-4-2-1-3-5-14/h1-11H,12H2,(H2,17,19)/b11-8+. The van der Waals surface area contributed by atoms with Crippen molar-refractivity contribution in [2.24, 2.45) is 5.73 Å². The van der Waals surface area contributed by atoms with Crippen LogP contribution in [0.15, 0.2) is 60.7 Å². The van der Waals surface area contributed by atoms with Crippen LogP contribution in [-0.2, 0) is 6.61 Å². The molecule has 0 aliphatic heterocycles. The molecule has 19 heavy (non-hydrogen) atoms. The van der Waals surface area contributed by atoms with Crippen LogP contribution in [0.2, 0.25) is 0 Å². The van der Waals surface area contributed by atoms with Gasteiger partial charge in [0.15, 0.2) is 0 Å². The summed E-state index contributed by atoms with van der Waals surface area (Å²) in [6, 6.07) is 17.9. The predicted molar refractivity (Wildman–Crippen MR) is 83.0 cm³/mol. The van der Waals surface area contributed by atoms with Gasteiger partial charge in [-0.1, -0.05) is 60.8 Å². The minimum Gasteiger partial charge on any atom is -0.489 e. The molecule has 2 nitrogen and oxygen atoms in total. The Hall–Kier alpha value is -2.13. The van der Waals surface area contributed by atoms with Crippen molar-refractivity contribution in [1.82, 2.24) is 0 Å². The molecular formula is C16H15NOS. The first-order valence-corrected chi connectivity index (χ1v) is 6.39. The molecule has 0 unspecified atom stereocenters. The molecule has 2 aromatic carbocycles. The highest BCUT2D eigenvalue weighted by Gasteiger charge is 1.95. The topological polar surface area (TPSA) is 35.2 Å². The molecule has 0 amide bonds. The van der Waals surface area contributed by atoms with Gasteiger partial charge >= 0.3 is 0 Å². The van der Waals surface area contributed by atoms with Crippen molar-refractivity contribution in [3.63, 3.8) is 0 Å². The number of nitrogens with two attached hydrogens (primary N) is 1. The van der Waals surface area contributed by atoms with Gasteiger partial charge in [-0.15, -0.1) is 0 Å². The van der Waals surface area contributed by atoms with Gasteiger partial charge in [-0.05, 0) is 29.3 Å². The number of rotatable bonds is 5. The fourth-order valence-electron chi connectivity index (χ4n) is 1.59. The molecule has 0 saturated heterocycles. The zero-order valence-electron chi connectivity index (χ0n) is 10.5. The zero-order valence-corrected chi connectivity index (χ0v) is 11.3. The maximum atomic E-state index is 5.70. The lowest BCUT2D eigenvalue weighted by atomic mass is 10.2. The highest BCUT2D eigenvalue weighted by molar-refractivity contribution is 7.80. The third kappa shape index (κ3) is 4.56. The molecular weight excluding hydrogens is 254 g/mol. The van der Waals surface area contributed by atoms with E-state index in [1.807, 2.05) is 60.7 Å². The lowest BCUT2D eigenvalue weighted by molar-refractivity contribution is 0.306.